The van der Waals surface area contributed by atoms with Crippen LogP contribution in [0.15, 0.2) is 79.1 Å². The first kappa shape index (κ1) is 10.2. The minimum atomic E-state index is -3.54. The van der Waals surface area contributed by atoms with E-state index in [0.29, 0.717) is 11.1 Å². The van der Waals surface area contributed by atoms with E-state index in [9.17, 15) is 0 Å². The summed E-state index contributed by atoms with van der Waals surface area (Å²) in [6.45, 7) is -14.2. The molecule has 0 unspecified atom stereocenters. The monoisotopic (exact) mass is 586 g/mol. The predicted octanol–water partition coefficient (Wildman–Crippen LogP) is 7.25. The zero-order valence-electron chi connectivity index (χ0n) is 29.7. The van der Waals surface area contributed by atoms with Crippen LogP contribution in [0.25, 0.3) is 28.2 Å². The summed E-state index contributed by atoms with van der Waals surface area (Å²) in [5, 5.41) is 0. The summed E-state index contributed by atoms with van der Waals surface area (Å²) in [6, 6.07) is 19.7. The average Bonchev–Trinajstić information content (AvgIpc) is 3.39. The van der Waals surface area contributed by atoms with E-state index in [-0.39, 0.29) is 31.5 Å². The van der Waals surface area contributed by atoms with Crippen molar-refractivity contribution in [1.29, 1.82) is 0 Å². The zero-order valence-corrected chi connectivity index (χ0v) is 18.1. The van der Waals surface area contributed by atoms with Crippen LogP contribution in [-0.4, -0.2) is 9.55 Å². The molecule has 0 N–H and O–H groups in total. The van der Waals surface area contributed by atoms with Gasteiger partial charge in [0, 0.05) is 57.4 Å². The van der Waals surface area contributed by atoms with Crippen molar-refractivity contribution in [2.75, 3.05) is 0 Å². The number of rotatable bonds is 5. The summed E-state index contributed by atoms with van der Waals surface area (Å²) in [5.41, 5.74) is -1.32. The van der Waals surface area contributed by atoms with E-state index in [0.717, 1.165) is 16.7 Å². The molecule has 0 saturated heterocycles. The first-order valence-corrected chi connectivity index (χ1v) is 8.91. The van der Waals surface area contributed by atoms with E-state index in [1.807, 2.05) is 0 Å². The van der Waals surface area contributed by atoms with Crippen LogP contribution in [0.4, 0.5) is 0 Å². The first-order valence-electron chi connectivity index (χ1n) is 15.9. The summed E-state index contributed by atoms with van der Waals surface area (Å²) < 4.78 is 118. The Balaban J connectivity index is 0.00000529. The van der Waals surface area contributed by atoms with E-state index in [2.05, 4.69) is 11.1 Å². The van der Waals surface area contributed by atoms with Crippen LogP contribution in [0.3, 0.4) is 0 Å². The summed E-state index contributed by atoms with van der Waals surface area (Å²) in [5.74, 6) is -6.81. The molecule has 4 aromatic rings. The van der Waals surface area contributed by atoms with Gasteiger partial charge in [-0.05, 0) is 46.2 Å². The van der Waals surface area contributed by atoms with Crippen LogP contribution in [0.2, 0.25) is 0 Å². The molecule has 0 fully saturated rings. The van der Waals surface area contributed by atoms with Gasteiger partial charge in [0.25, 0.3) is 0 Å². The standard InChI is InChI=1S/C27H27N2.Ir/c1-19(2)24-17-23(21-11-7-5-8-12-21)18-25(20(3)4)26(24)29-16-15-28-27(29)22-13-9-6-10-14-22;/h5-13,15-20H,1-4H3;/q-1;/i1D3,2D3,3D3,4D3,19D,20D;. The molecule has 0 aliphatic rings. The molecule has 2 nitrogen and oxygen atoms in total. The maximum absolute atomic E-state index is 9.15. The molecular weight excluding hydrogens is 545 g/mol. The van der Waals surface area contributed by atoms with Crippen LogP contribution in [0, 0.1) is 6.07 Å². The van der Waals surface area contributed by atoms with Gasteiger partial charge >= 0.3 is 0 Å². The second-order valence-corrected chi connectivity index (χ2v) is 6.43. The van der Waals surface area contributed by atoms with Crippen LogP contribution in [-0.2, 0) is 20.1 Å². The largest absolute Gasteiger partial charge is 0.340 e. The van der Waals surface area contributed by atoms with Crippen molar-refractivity contribution in [2.45, 2.75) is 39.2 Å². The van der Waals surface area contributed by atoms with Crippen LogP contribution >= 0.6 is 0 Å². The zero-order chi connectivity index (χ0) is 32.2. The fourth-order valence-corrected chi connectivity index (χ4v) is 3.29. The molecule has 1 radical (unpaired) electrons. The Hall–Kier alpha value is -2.48. The molecule has 0 aliphatic heterocycles. The number of benzene rings is 3. The Morgan fingerprint density at radius 2 is 1.57 bits per heavy atom. The fourth-order valence-electron chi connectivity index (χ4n) is 3.29. The molecular formula is C27H27IrN2-. The molecule has 0 aliphatic carbocycles. The number of nitrogens with zero attached hydrogens (tertiary/aromatic N) is 2. The quantitative estimate of drug-likeness (QED) is 0.226. The Labute approximate surface area is 213 Å². The van der Waals surface area contributed by atoms with Crippen molar-refractivity contribution in [2.24, 2.45) is 0 Å². The molecule has 1 aromatic heterocycles. The number of aromatic nitrogens is 2. The van der Waals surface area contributed by atoms with Gasteiger partial charge in [-0.1, -0.05) is 57.7 Å². The van der Waals surface area contributed by atoms with Crippen molar-refractivity contribution in [3.8, 4) is 28.2 Å². The van der Waals surface area contributed by atoms with Gasteiger partial charge in [-0.3, -0.25) is 4.98 Å². The van der Waals surface area contributed by atoms with Gasteiger partial charge in [-0.15, -0.1) is 35.9 Å². The van der Waals surface area contributed by atoms with E-state index in [4.69, 9.17) is 19.2 Å². The summed E-state index contributed by atoms with van der Waals surface area (Å²) in [6.07, 6.45) is 2.53. The van der Waals surface area contributed by atoms with Gasteiger partial charge < -0.3 is 4.57 Å². The van der Waals surface area contributed by atoms with E-state index >= 15 is 0 Å². The molecule has 0 saturated carbocycles. The van der Waals surface area contributed by atoms with Crippen LogP contribution in [0.1, 0.15) is 69.5 Å². The molecule has 0 spiro atoms. The van der Waals surface area contributed by atoms with E-state index < -0.39 is 56.0 Å². The van der Waals surface area contributed by atoms with Crippen molar-refractivity contribution in [1.82, 2.24) is 9.55 Å². The van der Waals surface area contributed by atoms with Gasteiger partial charge in [-0.2, -0.15) is 0 Å². The predicted molar refractivity (Wildman–Crippen MR) is 121 cm³/mol. The fraction of sp³-hybridized carbons (Fsp3) is 0.222. The van der Waals surface area contributed by atoms with Crippen LogP contribution < -0.4 is 0 Å². The molecule has 0 bridgehead atoms. The summed E-state index contributed by atoms with van der Waals surface area (Å²) in [7, 11) is 0. The topological polar surface area (TPSA) is 17.8 Å². The molecule has 4 rings (SSSR count). The van der Waals surface area contributed by atoms with Gasteiger partial charge in [0.1, 0.15) is 0 Å². The molecule has 3 heteroatoms. The van der Waals surface area contributed by atoms with Crippen LogP contribution in [0.5, 0.6) is 0 Å². The van der Waals surface area contributed by atoms with Gasteiger partial charge in [0.2, 0.25) is 0 Å². The average molecular weight is 586 g/mol. The maximum Gasteiger partial charge on any atom is 0.0602 e. The minimum Gasteiger partial charge on any atom is -0.340 e. The Kier molecular flexibility index (Phi) is 3.25. The molecule has 155 valence electrons. The summed E-state index contributed by atoms with van der Waals surface area (Å²) in [4.78, 5) is 4.29. The molecule has 0 atom stereocenters. The Morgan fingerprint density at radius 1 is 0.900 bits per heavy atom. The maximum atomic E-state index is 9.15. The van der Waals surface area contributed by atoms with Gasteiger partial charge in [0.15, 0.2) is 0 Å². The van der Waals surface area contributed by atoms with E-state index in [1.54, 1.807) is 54.6 Å². The summed E-state index contributed by atoms with van der Waals surface area (Å²) >= 11 is 0. The SMILES string of the molecule is [2H]C([2H])([2H])C([2H])(c1cc(-c2ccccc2)cc(C([2H])(C([2H])([2H])[2H])C([2H])([2H])[2H])c1-n1ccnc1-c1[c-]cccc1)C([2H])([2H])[2H].[Ir]. The number of hydrogen-bond acceptors (Lipinski definition) is 1. The molecule has 0 amide bonds. The van der Waals surface area contributed by atoms with Crippen molar-refractivity contribution >= 4 is 0 Å². The Morgan fingerprint density at radius 3 is 2.17 bits per heavy atom. The van der Waals surface area contributed by atoms with Crippen molar-refractivity contribution in [3.05, 3.63) is 96.3 Å². The number of hydrogen-bond donors (Lipinski definition) is 0. The third-order valence-electron chi connectivity index (χ3n) is 4.59. The molecule has 3 aromatic carbocycles. The van der Waals surface area contributed by atoms with Crippen molar-refractivity contribution < 1.29 is 39.3 Å². The second kappa shape index (κ2) is 9.55. The minimum absolute atomic E-state index is 0. The second-order valence-electron chi connectivity index (χ2n) is 6.43. The third kappa shape index (κ3) is 4.33. The van der Waals surface area contributed by atoms with Gasteiger partial charge in [0.05, 0.1) is 5.82 Å². The van der Waals surface area contributed by atoms with E-state index in [1.165, 1.54) is 12.4 Å². The normalized spacial score (nSPS) is 20.3. The Bertz CT molecular complexity index is 1500. The molecule has 1 heterocycles. The van der Waals surface area contributed by atoms with Gasteiger partial charge in [-0.25, -0.2) is 0 Å². The third-order valence-corrected chi connectivity index (χ3v) is 4.59. The number of imidazole rings is 1. The van der Waals surface area contributed by atoms with Crippen molar-refractivity contribution in [3.63, 3.8) is 0 Å². The smallest absolute Gasteiger partial charge is 0.0602 e. The molecule has 30 heavy (non-hydrogen) atoms. The first-order chi connectivity index (χ1) is 19.7.